The SMILES string of the molecule is CCCCC/C=C\C/C=C\CCCCCCCCCCCC(=O)OC(COC(=O)CCCCCCCCCCCCCCC)COP(=O)(O)OCCNC. The van der Waals surface area contributed by atoms with Gasteiger partial charge >= 0.3 is 19.8 Å². The lowest BCUT2D eigenvalue weighted by Crippen LogP contribution is -2.29. The molecule has 0 aromatic rings. The lowest BCUT2D eigenvalue weighted by Gasteiger charge is -2.20. The van der Waals surface area contributed by atoms with E-state index >= 15 is 0 Å². The van der Waals surface area contributed by atoms with Gasteiger partial charge in [0.2, 0.25) is 0 Å². The third-order valence-electron chi connectivity index (χ3n) is 9.57. The maximum Gasteiger partial charge on any atom is 0.472 e. The van der Waals surface area contributed by atoms with E-state index < -0.39 is 26.5 Å². The molecule has 0 fully saturated rings. The molecule has 0 aromatic carbocycles. The summed E-state index contributed by atoms with van der Waals surface area (Å²) in [6, 6.07) is 0. The fourth-order valence-corrected chi connectivity index (χ4v) is 6.92. The van der Waals surface area contributed by atoms with E-state index in [0.717, 1.165) is 44.9 Å². The Labute approximate surface area is 332 Å². The van der Waals surface area contributed by atoms with Crippen molar-refractivity contribution in [3.05, 3.63) is 24.3 Å². The molecular formula is C44H84NO8P. The summed E-state index contributed by atoms with van der Waals surface area (Å²) in [6.07, 6.45) is 42.1. The fourth-order valence-electron chi connectivity index (χ4n) is 6.17. The van der Waals surface area contributed by atoms with Gasteiger partial charge in [-0.1, -0.05) is 173 Å². The molecule has 0 spiro atoms. The molecule has 2 N–H and O–H groups in total. The largest absolute Gasteiger partial charge is 0.472 e. The van der Waals surface area contributed by atoms with E-state index in [9.17, 15) is 19.0 Å². The van der Waals surface area contributed by atoms with E-state index in [1.807, 2.05) is 0 Å². The van der Waals surface area contributed by atoms with Gasteiger partial charge in [-0.25, -0.2) is 4.57 Å². The lowest BCUT2D eigenvalue weighted by molar-refractivity contribution is -0.161. The first-order valence-corrected chi connectivity index (χ1v) is 23.8. The highest BCUT2D eigenvalue weighted by Crippen LogP contribution is 2.43. The summed E-state index contributed by atoms with van der Waals surface area (Å²) in [5, 5.41) is 2.82. The quantitative estimate of drug-likeness (QED) is 0.0270. The molecular weight excluding hydrogens is 701 g/mol. The second-order valence-corrected chi connectivity index (χ2v) is 16.3. The van der Waals surface area contributed by atoms with Gasteiger partial charge in [-0.3, -0.25) is 18.6 Å². The molecule has 0 amide bonds. The summed E-state index contributed by atoms with van der Waals surface area (Å²) >= 11 is 0. The number of carbonyl (C=O) groups is 2. The molecule has 0 saturated carbocycles. The topological polar surface area (TPSA) is 120 Å². The van der Waals surface area contributed by atoms with Crippen LogP contribution in [0.4, 0.5) is 0 Å². The summed E-state index contributed by atoms with van der Waals surface area (Å²) in [5.74, 6) is -0.804. The zero-order valence-corrected chi connectivity index (χ0v) is 36.1. The number of rotatable bonds is 42. The minimum absolute atomic E-state index is 0.0159. The zero-order valence-electron chi connectivity index (χ0n) is 35.2. The molecule has 2 atom stereocenters. The number of nitrogens with one attached hydrogen (secondary N) is 1. The number of phosphoric acid groups is 1. The van der Waals surface area contributed by atoms with E-state index in [-0.39, 0.29) is 25.6 Å². The summed E-state index contributed by atoms with van der Waals surface area (Å²) in [5.41, 5.74) is 0. The van der Waals surface area contributed by atoms with Crippen LogP contribution in [0.3, 0.4) is 0 Å². The zero-order chi connectivity index (χ0) is 39.6. The van der Waals surface area contributed by atoms with Crippen molar-refractivity contribution in [2.45, 2.75) is 213 Å². The van der Waals surface area contributed by atoms with Crippen LogP contribution in [0.5, 0.6) is 0 Å². The molecule has 318 valence electrons. The van der Waals surface area contributed by atoms with Crippen molar-refractivity contribution in [2.75, 3.05) is 33.4 Å². The molecule has 2 unspecified atom stereocenters. The van der Waals surface area contributed by atoms with Crippen molar-refractivity contribution >= 4 is 19.8 Å². The van der Waals surface area contributed by atoms with Crippen molar-refractivity contribution in [1.82, 2.24) is 5.32 Å². The molecule has 0 aliphatic heterocycles. The highest BCUT2D eigenvalue weighted by atomic mass is 31.2. The minimum atomic E-state index is -4.35. The predicted octanol–water partition coefficient (Wildman–Crippen LogP) is 12.6. The van der Waals surface area contributed by atoms with Crippen molar-refractivity contribution in [2.24, 2.45) is 0 Å². The fraction of sp³-hybridized carbons (Fsp3) is 0.864. The van der Waals surface area contributed by atoms with E-state index in [4.69, 9.17) is 18.5 Å². The van der Waals surface area contributed by atoms with Gasteiger partial charge in [-0.15, -0.1) is 0 Å². The van der Waals surface area contributed by atoms with Gasteiger partial charge in [0.05, 0.1) is 13.2 Å². The maximum atomic E-state index is 12.6. The average Bonchev–Trinajstić information content (AvgIpc) is 3.15. The Balaban J connectivity index is 4.18. The number of hydrogen-bond donors (Lipinski definition) is 2. The number of phosphoric ester groups is 1. The van der Waals surface area contributed by atoms with Crippen LogP contribution in [0.25, 0.3) is 0 Å². The molecule has 0 aromatic heterocycles. The lowest BCUT2D eigenvalue weighted by atomic mass is 10.0. The van der Waals surface area contributed by atoms with Gasteiger partial charge in [0.15, 0.2) is 6.10 Å². The number of carbonyl (C=O) groups excluding carboxylic acids is 2. The summed E-state index contributed by atoms with van der Waals surface area (Å²) in [7, 11) is -2.64. The molecule has 54 heavy (non-hydrogen) atoms. The van der Waals surface area contributed by atoms with Crippen molar-refractivity contribution in [3.8, 4) is 0 Å². The Bertz CT molecular complexity index is 944. The molecule has 0 rings (SSSR count). The second kappa shape index (κ2) is 41.1. The van der Waals surface area contributed by atoms with Crippen LogP contribution in [0.1, 0.15) is 206 Å². The van der Waals surface area contributed by atoms with Crippen LogP contribution in [0.2, 0.25) is 0 Å². The normalized spacial score (nSPS) is 13.5. The maximum absolute atomic E-state index is 12.6. The van der Waals surface area contributed by atoms with Gasteiger partial charge < -0.3 is 19.7 Å². The molecule has 9 nitrogen and oxygen atoms in total. The van der Waals surface area contributed by atoms with Crippen LogP contribution in [0, 0.1) is 0 Å². The summed E-state index contributed by atoms with van der Waals surface area (Å²) in [6.45, 7) is 4.21. The van der Waals surface area contributed by atoms with Gasteiger partial charge in [0, 0.05) is 19.4 Å². The van der Waals surface area contributed by atoms with E-state index in [1.54, 1.807) is 7.05 Å². The number of likely N-dealkylation sites (N-methyl/N-ethyl adjacent to an activating group) is 1. The Morgan fingerprint density at radius 3 is 1.50 bits per heavy atom. The van der Waals surface area contributed by atoms with Crippen LogP contribution in [0.15, 0.2) is 24.3 Å². The van der Waals surface area contributed by atoms with Crippen LogP contribution >= 0.6 is 7.82 Å². The summed E-state index contributed by atoms with van der Waals surface area (Å²) < 4.78 is 33.2. The minimum Gasteiger partial charge on any atom is -0.462 e. The third-order valence-corrected chi connectivity index (χ3v) is 10.6. The number of unbranched alkanes of at least 4 members (excludes halogenated alkanes) is 24. The van der Waals surface area contributed by atoms with Crippen LogP contribution in [-0.4, -0.2) is 56.3 Å². The average molecular weight is 786 g/mol. The second-order valence-electron chi connectivity index (χ2n) is 14.9. The van der Waals surface area contributed by atoms with E-state index in [1.165, 1.54) is 128 Å². The monoisotopic (exact) mass is 786 g/mol. The van der Waals surface area contributed by atoms with Gasteiger partial charge in [-0.2, -0.15) is 0 Å². The number of allylic oxidation sites excluding steroid dienone is 4. The van der Waals surface area contributed by atoms with Gasteiger partial charge in [0.1, 0.15) is 6.61 Å². The highest BCUT2D eigenvalue weighted by Gasteiger charge is 2.26. The molecule has 0 aliphatic rings. The Morgan fingerprint density at radius 2 is 1.00 bits per heavy atom. The Hall–Kier alpha value is -1.51. The highest BCUT2D eigenvalue weighted by molar-refractivity contribution is 7.47. The molecule has 0 heterocycles. The standard InChI is InChI=1S/C44H84NO8P/c1-4-6-8-10-12-14-16-18-19-20-21-22-23-25-27-29-31-33-35-37-44(47)53-42(41-52-54(48,49)51-39-38-45-3)40-50-43(46)36-34-32-30-28-26-24-17-15-13-11-9-7-5-2/h12,14,18-19,42,45H,4-11,13,15-17,20-41H2,1-3H3,(H,48,49)/b14-12-,19-18-. The first-order valence-electron chi connectivity index (χ1n) is 22.3. The molecule has 0 bridgehead atoms. The third kappa shape index (κ3) is 40.2. The Kier molecular flexibility index (Phi) is 40.0. The van der Waals surface area contributed by atoms with Crippen molar-refractivity contribution in [3.63, 3.8) is 0 Å². The number of hydrogen-bond acceptors (Lipinski definition) is 8. The molecule has 0 radical (unpaired) electrons. The molecule has 10 heteroatoms. The predicted molar refractivity (Wildman–Crippen MR) is 225 cm³/mol. The first kappa shape index (κ1) is 52.5. The smallest absolute Gasteiger partial charge is 0.462 e. The summed E-state index contributed by atoms with van der Waals surface area (Å²) in [4.78, 5) is 35.1. The first-order chi connectivity index (χ1) is 26.3. The van der Waals surface area contributed by atoms with Gasteiger partial charge in [0.25, 0.3) is 0 Å². The van der Waals surface area contributed by atoms with Gasteiger partial charge in [-0.05, 0) is 52.0 Å². The van der Waals surface area contributed by atoms with Crippen LogP contribution < -0.4 is 5.32 Å². The van der Waals surface area contributed by atoms with E-state index in [2.05, 4.69) is 43.5 Å². The number of ether oxygens (including phenoxy) is 2. The molecule has 0 saturated heterocycles. The van der Waals surface area contributed by atoms with Crippen LogP contribution in [-0.2, 0) is 32.7 Å². The number of esters is 2. The Morgan fingerprint density at radius 1 is 0.574 bits per heavy atom. The van der Waals surface area contributed by atoms with Crippen molar-refractivity contribution in [1.29, 1.82) is 0 Å². The molecule has 0 aliphatic carbocycles. The van der Waals surface area contributed by atoms with E-state index in [0.29, 0.717) is 19.4 Å². The van der Waals surface area contributed by atoms with Crippen molar-refractivity contribution < 1.29 is 37.6 Å².